The number of nitrogens with zero attached hydrogens (tertiary/aromatic N) is 3. The molecule has 20 heavy (non-hydrogen) atoms. The molecule has 0 amide bonds. The van der Waals surface area contributed by atoms with Crippen molar-refractivity contribution in [2.24, 2.45) is 10.9 Å². The zero-order chi connectivity index (χ0) is 14.9. The number of hydrogen-bond donors (Lipinski definition) is 2. The lowest BCUT2D eigenvalue weighted by Gasteiger charge is -2.11. The van der Waals surface area contributed by atoms with Gasteiger partial charge in [-0.15, -0.1) is 0 Å². The molecule has 5 nitrogen and oxygen atoms in total. The predicted molar refractivity (Wildman–Crippen MR) is 74.9 cm³/mol. The van der Waals surface area contributed by atoms with Crippen LogP contribution in [0.2, 0.25) is 0 Å². The van der Waals surface area contributed by atoms with Crippen molar-refractivity contribution in [1.29, 1.82) is 0 Å². The van der Waals surface area contributed by atoms with Crippen molar-refractivity contribution in [1.82, 2.24) is 9.78 Å². The van der Waals surface area contributed by atoms with Crippen LogP contribution < -0.4 is 5.73 Å². The van der Waals surface area contributed by atoms with E-state index in [0.29, 0.717) is 5.69 Å². The van der Waals surface area contributed by atoms with Crippen molar-refractivity contribution in [2.75, 3.05) is 0 Å². The van der Waals surface area contributed by atoms with Crippen LogP contribution in [0.1, 0.15) is 29.4 Å². The van der Waals surface area contributed by atoms with Gasteiger partial charge in [0.1, 0.15) is 5.82 Å². The zero-order valence-corrected chi connectivity index (χ0v) is 11.7. The number of aromatic nitrogens is 2. The molecule has 106 valence electrons. The van der Waals surface area contributed by atoms with Crippen LogP contribution in [0.25, 0.3) is 5.69 Å². The Hall–Kier alpha value is -2.37. The standard InChI is InChI=1S/C14H17FN4O/c1-4-10-8(2)17-19(9(10)3)12-7-5-6-11(15)13(12)14(16)18-20/h5-7,20H,4H2,1-3H3,(H2,16,18). The number of hydrogen-bond acceptors (Lipinski definition) is 3. The van der Waals surface area contributed by atoms with Crippen LogP contribution >= 0.6 is 0 Å². The summed E-state index contributed by atoms with van der Waals surface area (Å²) in [5, 5.41) is 16.2. The van der Waals surface area contributed by atoms with E-state index >= 15 is 0 Å². The van der Waals surface area contributed by atoms with Crippen molar-refractivity contribution < 1.29 is 9.60 Å². The average Bonchev–Trinajstić information content (AvgIpc) is 2.72. The summed E-state index contributed by atoms with van der Waals surface area (Å²) in [6.45, 7) is 5.86. The Morgan fingerprint density at radius 3 is 2.70 bits per heavy atom. The second-order valence-electron chi connectivity index (χ2n) is 4.53. The van der Waals surface area contributed by atoms with Gasteiger partial charge in [0.05, 0.1) is 16.9 Å². The number of nitrogens with two attached hydrogens (primary N) is 1. The molecule has 6 heteroatoms. The average molecular weight is 276 g/mol. The molecule has 0 aliphatic carbocycles. The lowest BCUT2D eigenvalue weighted by atomic mass is 10.1. The maximum Gasteiger partial charge on any atom is 0.175 e. The van der Waals surface area contributed by atoms with Gasteiger partial charge in [-0.1, -0.05) is 18.1 Å². The summed E-state index contributed by atoms with van der Waals surface area (Å²) >= 11 is 0. The summed E-state index contributed by atoms with van der Waals surface area (Å²) in [7, 11) is 0. The summed E-state index contributed by atoms with van der Waals surface area (Å²) in [4.78, 5) is 0. The molecule has 1 heterocycles. The van der Waals surface area contributed by atoms with Gasteiger partial charge in [0, 0.05) is 5.69 Å². The topological polar surface area (TPSA) is 76.4 Å². The Balaban J connectivity index is 2.74. The third-order valence-electron chi connectivity index (χ3n) is 3.38. The molecule has 2 rings (SSSR count). The van der Waals surface area contributed by atoms with E-state index in [9.17, 15) is 4.39 Å². The first-order valence-corrected chi connectivity index (χ1v) is 6.33. The minimum atomic E-state index is -0.552. The molecule has 0 aliphatic heterocycles. The quantitative estimate of drug-likeness (QED) is 0.391. The molecule has 0 radical (unpaired) electrons. The third-order valence-corrected chi connectivity index (χ3v) is 3.38. The molecule has 0 unspecified atom stereocenters. The first-order chi connectivity index (χ1) is 9.51. The summed E-state index contributed by atoms with van der Waals surface area (Å²) in [5.41, 5.74) is 9.00. The van der Waals surface area contributed by atoms with E-state index in [2.05, 4.69) is 10.3 Å². The first kappa shape index (κ1) is 14.0. The van der Waals surface area contributed by atoms with Gasteiger partial charge < -0.3 is 10.9 Å². The Morgan fingerprint density at radius 1 is 1.45 bits per heavy atom. The van der Waals surface area contributed by atoms with Gasteiger partial charge >= 0.3 is 0 Å². The van der Waals surface area contributed by atoms with Crippen molar-refractivity contribution in [3.8, 4) is 5.69 Å². The summed E-state index contributed by atoms with van der Waals surface area (Å²) in [6.07, 6.45) is 0.839. The lowest BCUT2D eigenvalue weighted by Crippen LogP contribution is -2.19. The van der Waals surface area contributed by atoms with Gasteiger partial charge in [-0.2, -0.15) is 5.10 Å². The maximum absolute atomic E-state index is 14.0. The van der Waals surface area contributed by atoms with Gasteiger partial charge in [-0.3, -0.25) is 0 Å². The highest BCUT2D eigenvalue weighted by molar-refractivity contribution is 6.00. The van der Waals surface area contributed by atoms with Gasteiger partial charge in [0.15, 0.2) is 5.84 Å². The fraction of sp³-hybridized carbons (Fsp3) is 0.286. The van der Waals surface area contributed by atoms with E-state index in [1.807, 2.05) is 20.8 Å². The van der Waals surface area contributed by atoms with Crippen LogP contribution in [0.3, 0.4) is 0 Å². The van der Waals surface area contributed by atoms with Crippen LogP contribution in [0.4, 0.5) is 4.39 Å². The lowest BCUT2D eigenvalue weighted by molar-refractivity contribution is 0.318. The number of benzene rings is 1. The Kier molecular flexibility index (Phi) is 3.74. The number of halogens is 1. The molecule has 0 saturated carbocycles. The molecule has 0 spiro atoms. The number of aryl methyl sites for hydroxylation is 1. The van der Waals surface area contributed by atoms with Gasteiger partial charge in [-0.25, -0.2) is 9.07 Å². The molecule has 0 aliphatic rings. The number of amidine groups is 1. The zero-order valence-electron chi connectivity index (χ0n) is 11.7. The Bertz CT molecular complexity index is 676. The minimum Gasteiger partial charge on any atom is -0.409 e. The van der Waals surface area contributed by atoms with E-state index in [4.69, 9.17) is 10.9 Å². The molecule has 0 fully saturated rings. The monoisotopic (exact) mass is 276 g/mol. The first-order valence-electron chi connectivity index (χ1n) is 6.33. The van der Waals surface area contributed by atoms with E-state index in [-0.39, 0.29) is 11.4 Å². The van der Waals surface area contributed by atoms with E-state index < -0.39 is 5.82 Å². The molecule has 2 aromatic rings. The summed E-state index contributed by atoms with van der Waals surface area (Å²) < 4.78 is 15.6. The van der Waals surface area contributed by atoms with E-state index in [1.165, 1.54) is 6.07 Å². The number of rotatable bonds is 3. The molecule has 0 bridgehead atoms. The minimum absolute atomic E-state index is 0.0447. The van der Waals surface area contributed by atoms with E-state index in [1.54, 1.807) is 16.8 Å². The molecule has 3 N–H and O–H groups in total. The smallest absolute Gasteiger partial charge is 0.175 e. The highest BCUT2D eigenvalue weighted by atomic mass is 19.1. The summed E-state index contributed by atoms with van der Waals surface area (Å²) in [5.74, 6) is -0.827. The summed E-state index contributed by atoms with van der Waals surface area (Å²) in [6, 6.07) is 4.53. The molecule has 1 aromatic carbocycles. The van der Waals surface area contributed by atoms with Crippen LogP contribution in [0.5, 0.6) is 0 Å². The fourth-order valence-corrected chi connectivity index (χ4v) is 2.41. The fourth-order valence-electron chi connectivity index (χ4n) is 2.41. The van der Waals surface area contributed by atoms with Crippen molar-refractivity contribution >= 4 is 5.84 Å². The van der Waals surface area contributed by atoms with Gasteiger partial charge in [-0.05, 0) is 38.0 Å². The number of oxime groups is 1. The third kappa shape index (κ3) is 2.13. The van der Waals surface area contributed by atoms with Crippen LogP contribution in [0.15, 0.2) is 23.4 Å². The molecule has 1 aromatic heterocycles. The maximum atomic E-state index is 14.0. The highest BCUT2D eigenvalue weighted by Gasteiger charge is 2.18. The van der Waals surface area contributed by atoms with Crippen LogP contribution in [-0.4, -0.2) is 20.8 Å². The predicted octanol–water partition coefficient (Wildman–Crippen LogP) is 2.29. The normalized spacial score (nSPS) is 11.9. The SMILES string of the molecule is CCc1c(C)nn(-c2cccc(F)c2C(N)=NO)c1C. The van der Waals surface area contributed by atoms with Crippen molar-refractivity contribution in [3.63, 3.8) is 0 Å². The molecular weight excluding hydrogens is 259 g/mol. The molecule has 0 atom stereocenters. The van der Waals surface area contributed by atoms with Crippen LogP contribution in [-0.2, 0) is 6.42 Å². The molecular formula is C14H17FN4O. The second-order valence-corrected chi connectivity index (χ2v) is 4.53. The van der Waals surface area contributed by atoms with E-state index in [0.717, 1.165) is 23.4 Å². The van der Waals surface area contributed by atoms with Crippen molar-refractivity contribution in [2.45, 2.75) is 27.2 Å². The molecule has 0 saturated heterocycles. The highest BCUT2D eigenvalue weighted by Crippen LogP contribution is 2.22. The van der Waals surface area contributed by atoms with Crippen molar-refractivity contribution in [3.05, 3.63) is 46.5 Å². The van der Waals surface area contributed by atoms with Gasteiger partial charge in [0.25, 0.3) is 0 Å². The van der Waals surface area contributed by atoms with Crippen LogP contribution in [0, 0.1) is 19.7 Å². The second kappa shape index (κ2) is 5.32. The Morgan fingerprint density at radius 2 is 2.15 bits per heavy atom. The largest absolute Gasteiger partial charge is 0.409 e. The van der Waals surface area contributed by atoms with Gasteiger partial charge in [0.2, 0.25) is 0 Å². The Labute approximate surface area is 116 Å².